The van der Waals surface area contributed by atoms with Gasteiger partial charge < -0.3 is 11.1 Å². The molecule has 0 amide bonds. The summed E-state index contributed by atoms with van der Waals surface area (Å²) >= 11 is 0. The molecular weight excluding hydrogens is 236 g/mol. The van der Waals surface area contributed by atoms with Crippen LogP contribution in [0.4, 0.5) is 11.6 Å². The molecule has 1 heterocycles. The molecule has 4 nitrogen and oxygen atoms in total. The summed E-state index contributed by atoms with van der Waals surface area (Å²) in [6.07, 6.45) is 1.06. The minimum atomic E-state index is 0.538. The molecule has 0 atom stereocenters. The van der Waals surface area contributed by atoms with Crippen LogP contribution >= 0.6 is 0 Å². The summed E-state index contributed by atoms with van der Waals surface area (Å²) in [5.41, 5.74) is 9.31. The van der Waals surface area contributed by atoms with Crippen molar-refractivity contribution in [1.29, 1.82) is 0 Å². The van der Waals surface area contributed by atoms with Crippen LogP contribution in [0.15, 0.2) is 24.3 Å². The molecule has 19 heavy (non-hydrogen) atoms. The third kappa shape index (κ3) is 3.22. The molecule has 0 aliphatic heterocycles. The Morgan fingerprint density at radius 3 is 2.32 bits per heavy atom. The highest BCUT2D eigenvalue weighted by molar-refractivity contribution is 5.54. The number of nitrogens with one attached hydrogen (secondary N) is 1. The van der Waals surface area contributed by atoms with Crippen LogP contribution in [0, 0.1) is 13.8 Å². The third-order valence-electron chi connectivity index (χ3n) is 3.19. The zero-order valence-electron chi connectivity index (χ0n) is 11.7. The molecule has 0 unspecified atom stereocenters. The number of rotatable bonds is 4. The van der Waals surface area contributed by atoms with Crippen LogP contribution in [0.1, 0.15) is 29.4 Å². The second kappa shape index (κ2) is 5.69. The van der Waals surface area contributed by atoms with Crippen molar-refractivity contribution in [1.82, 2.24) is 9.97 Å². The molecule has 0 bridgehead atoms. The van der Waals surface area contributed by atoms with E-state index in [0.717, 1.165) is 24.3 Å². The highest BCUT2D eigenvalue weighted by atomic mass is 15.0. The van der Waals surface area contributed by atoms with E-state index in [9.17, 15) is 0 Å². The van der Waals surface area contributed by atoms with Gasteiger partial charge in [0.05, 0.1) is 0 Å². The Bertz CT molecular complexity index is 561. The lowest BCUT2D eigenvalue weighted by atomic mass is 10.1. The number of nitrogens with two attached hydrogens (primary N) is 1. The molecule has 0 radical (unpaired) electrons. The maximum atomic E-state index is 5.84. The number of aryl methyl sites for hydroxylation is 2. The second-order valence-electron chi connectivity index (χ2n) is 4.65. The number of aromatic nitrogens is 2. The molecule has 100 valence electrons. The van der Waals surface area contributed by atoms with Crippen LogP contribution in [0.2, 0.25) is 0 Å². The van der Waals surface area contributed by atoms with Crippen LogP contribution < -0.4 is 11.1 Å². The van der Waals surface area contributed by atoms with E-state index < -0.39 is 0 Å². The number of anilines is 2. The molecule has 4 heteroatoms. The van der Waals surface area contributed by atoms with E-state index in [0.29, 0.717) is 11.6 Å². The largest absolute Gasteiger partial charge is 0.383 e. The van der Waals surface area contributed by atoms with Gasteiger partial charge >= 0.3 is 0 Å². The normalized spacial score (nSPS) is 10.5. The van der Waals surface area contributed by atoms with Gasteiger partial charge in [-0.25, -0.2) is 9.97 Å². The molecule has 1 aromatic heterocycles. The maximum Gasteiger partial charge on any atom is 0.135 e. The molecule has 2 rings (SSSR count). The molecule has 1 aromatic carbocycles. The predicted molar refractivity (Wildman–Crippen MR) is 79.1 cm³/mol. The van der Waals surface area contributed by atoms with Crippen molar-refractivity contribution in [3.8, 4) is 0 Å². The predicted octanol–water partition coefficient (Wildman–Crippen LogP) is 2.85. The minimum Gasteiger partial charge on any atom is -0.383 e. The van der Waals surface area contributed by atoms with E-state index in [2.05, 4.69) is 46.5 Å². The van der Waals surface area contributed by atoms with Gasteiger partial charge in [0.2, 0.25) is 0 Å². The van der Waals surface area contributed by atoms with E-state index in [4.69, 9.17) is 5.73 Å². The Kier molecular flexibility index (Phi) is 4.00. The van der Waals surface area contributed by atoms with Crippen molar-refractivity contribution in [3.05, 3.63) is 46.8 Å². The summed E-state index contributed by atoms with van der Waals surface area (Å²) in [6, 6.07) is 8.59. The SMILES string of the molecule is CCc1ccc(CNc2nc(C)nc(N)c2C)cc1. The maximum absolute atomic E-state index is 5.84. The fraction of sp³-hybridized carbons (Fsp3) is 0.333. The second-order valence-corrected chi connectivity index (χ2v) is 4.65. The number of hydrogen-bond donors (Lipinski definition) is 2. The zero-order chi connectivity index (χ0) is 13.8. The molecule has 0 saturated carbocycles. The summed E-state index contributed by atoms with van der Waals surface area (Å²) in [5.74, 6) is 2.04. The van der Waals surface area contributed by atoms with Gasteiger partial charge in [-0.15, -0.1) is 0 Å². The topological polar surface area (TPSA) is 63.8 Å². The van der Waals surface area contributed by atoms with Crippen LogP contribution in [0.25, 0.3) is 0 Å². The van der Waals surface area contributed by atoms with Gasteiger partial charge in [-0.05, 0) is 31.4 Å². The molecule has 0 fully saturated rings. The van der Waals surface area contributed by atoms with Gasteiger partial charge in [0.15, 0.2) is 0 Å². The first-order valence-corrected chi connectivity index (χ1v) is 6.52. The van der Waals surface area contributed by atoms with E-state index in [1.165, 1.54) is 11.1 Å². The van der Waals surface area contributed by atoms with E-state index in [-0.39, 0.29) is 0 Å². The lowest BCUT2D eigenvalue weighted by Gasteiger charge is -2.11. The fourth-order valence-electron chi connectivity index (χ4n) is 1.90. The van der Waals surface area contributed by atoms with Gasteiger partial charge in [-0.1, -0.05) is 31.2 Å². The quantitative estimate of drug-likeness (QED) is 0.883. The van der Waals surface area contributed by atoms with E-state index >= 15 is 0 Å². The Balaban J connectivity index is 2.09. The van der Waals surface area contributed by atoms with Crippen molar-refractivity contribution in [2.24, 2.45) is 0 Å². The average Bonchev–Trinajstić information content (AvgIpc) is 2.41. The molecule has 0 aliphatic carbocycles. The summed E-state index contributed by atoms with van der Waals surface area (Å²) in [6.45, 7) is 6.66. The van der Waals surface area contributed by atoms with Gasteiger partial charge in [-0.2, -0.15) is 0 Å². The summed E-state index contributed by atoms with van der Waals surface area (Å²) in [7, 11) is 0. The number of hydrogen-bond acceptors (Lipinski definition) is 4. The lowest BCUT2D eigenvalue weighted by Crippen LogP contribution is -2.08. The lowest BCUT2D eigenvalue weighted by molar-refractivity contribution is 1.01. The monoisotopic (exact) mass is 256 g/mol. The molecular formula is C15H20N4. The highest BCUT2D eigenvalue weighted by Gasteiger charge is 2.06. The Labute approximate surface area is 114 Å². The van der Waals surface area contributed by atoms with Gasteiger partial charge in [0.25, 0.3) is 0 Å². The molecule has 0 aliphatic rings. The Hall–Kier alpha value is -2.10. The van der Waals surface area contributed by atoms with Crippen LogP contribution in [0.5, 0.6) is 0 Å². The minimum absolute atomic E-state index is 0.538. The van der Waals surface area contributed by atoms with Gasteiger partial charge in [0, 0.05) is 12.1 Å². The first kappa shape index (κ1) is 13.3. The average molecular weight is 256 g/mol. The van der Waals surface area contributed by atoms with Crippen molar-refractivity contribution in [2.75, 3.05) is 11.1 Å². The van der Waals surface area contributed by atoms with Crippen molar-refractivity contribution in [3.63, 3.8) is 0 Å². The summed E-state index contributed by atoms with van der Waals surface area (Å²) < 4.78 is 0. The van der Waals surface area contributed by atoms with Crippen molar-refractivity contribution in [2.45, 2.75) is 33.7 Å². The Morgan fingerprint density at radius 2 is 1.68 bits per heavy atom. The number of nitrogen functional groups attached to an aromatic ring is 1. The molecule has 3 N–H and O–H groups in total. The van der Waals surface area contributed by atoms with Crippen LogP contribution in [-0.4, -0.2) is 9.97 Å². The smallest absolute Gasteiger partial charge is 0.135 e. The third-order valence-corrected chi connectivity index (χ3v) is 3.19. The number of benzene rings is 1. The van der Waals surface area contributed by atoms with Gasteiger partial charge in [0.1, 0.15) is 17.5 Å². The van der Waals surface area contributed by atoms with Gasteiger partial charge in [-0.3, -0.25) is 0 Å². The number of nitrogens with zero attached hydrogens (tertiary/aromatic N) is 2. The molecule has 0 spiro atoms. The Morgan fingerprint density at radius 1 is 1.05 bits per heavy atom. The van der Waals surface area contributed by atoms with E-state index in [1.807, 2.05) is 13.8 Å². The highest BCUT2D eigenvalue weighted by Crippen LogP contribution is 2.17. The standard InChI is InChI=1S/C15H20N4/c1-4-12-5-7-13(8-6-12)9-17-15-10(2)14(16)18-11(3)19-15/h5-8H,4,9H2,1-3H3,(H3,16,17,18,19). The summed E-state index contributed by atoms with van der Waals surface area (Å²) in [5, 5.41) is 3.32. The van der Waals surface area contributed by atoms with Crippen molar-refractivity contribution >= 4 is 11.6 Å². The van der Waals surface area contributed by atoms with Crippen LogP contribution in [0.3, 0.4) is 0 Å². The molecule has 2 aromatic rings. The summed E-state index contributed by atoms with van der Waals surface area (Å²) in [4.78, 5) is 8.52. The first-order valence-electron chi connectivity index (χ1n) is 6.52. The molecule has 0 saturated heterocycles. The van der Waals surface area contributed by atoms with E-state index in [1.54, 1.807) is 0 Å². The first-order chi connectivity index (χ1) is 9.10. The van der Waals surface area contributed by atoms with Crippen molar-refractivity contribution < 1.29 is 0 Å². The zero-order valence-corrected chi connectivity index (χ0v) is 11.7. The van der Waals surface area contributed by atoms with Crippen LogP contribution in [-0.2, 0) is 13.0 Å². The fourth-order valence-corrected chi connectivity index (χ4v) is 1.90.